The number of halogens is 1. The molecule has 0 saturated carbocycles. The molecule has 1 aliphatic rings. The number of fused-ring (bicyclic) bond motifs is 1. The highest BCUT2D eigenvalue weighted by atomic mass is 32.2. The zero-order valence-electron chi connectivity index (χ0n) is 17.0. The van der Waals surface area contributed by atoms with E-state index in [0.29, 0.717) is 27.1 Å². The second kappa shape index (κ2) is 8.35. The fraction of sp³-hybridized carbons (Fsp3) is 0.222. The smallest absolute Gasteiger partial charge is 0.239 e. The molecule has 0 bridgehead atoms. The van der Waals surface area contributed by atoms with Crippen LogP contribution in [0.3, 0.4) is 0 Å². The van der Waals surface area contributed by atoms with E-state index in [9.17, 15) is 12.8 Å². The Morgan fingerprint density at radius 1 is 1.24 bits per heavy atom. The fourth-order valence-corrected chi connectivity index (χ4v) is 6.00. The Kier molecular flexibility index (Phi) is 5.49. The fourth-order valence-electron chi connectivity index (χ4n) is 3.86. The van der Waals surface area contributed by atoms with Crippen molar-refractivity contribution in [2.75, 3.05) is 18.8 Å². The van der Waals surface area contributed by atoms with Crippen molar-refractivity contribution in [3.05, 3.63) is 30.1 Å². The Balaban J connectivity index is 1.76. The lowest BCUT2D eigenvalue weighted by molar-refractivity contribution is 0.596. The second-order valence-corrected chi connectivity index (χ2v) is 9.87. The van der Waals surface area contributed by atoms with Crippen LogP contribution >= 0.6 is 11.9 Å². The van der Waals surface area contributed by atoms with Crippen molar-refractivity contribution < 1.29 is 12.8 Å². The third-order valence-corrected chi connectivity index (χ3v) is 7.38. The summed E-state index contributed by atoms with van der Waals surface area (Å²) in [6.45, 7) is 1.63. The summed E-state index contributed by atoms with van der Waals surface area (Å²) in [5, 5.41) is 22.6. The zero-order chi connectivity index (χ0) is 23.2. The van der Waals surface area contributed by atoms with E-state index in [-0.39, 0.29) is 28.3 Å². The maximum atomic E-state index is 14.5. The first-order valence-electron chi connectivity index (χ1n) is 9.83. The first-order valence-corrected chi connectivity index (χ1v) is 12.2. The molecular formula is C18H19FN10O2S2. The Morgan fingerprint density at radius 3 is 2.79 bits per heavy atom. The maximum Gasteiger partial charge on any atom is 0.239 e. The quantitative estimate of drug-likeness (QED) is 0.210. The molecule has 0 aliphatic carbocycles. The van der Waals surface area contributed by atoms with Gasteiger partial charge in [0.15, 0.2) is 11.8 Å². The van der Waals surface area contributed by atoms with Crippen LogP contribution in [0.4, 0.5) is 10.3 Å². The predicted octanol–water partition coefficient (Wildman–Crippen LogP) is 0.737. The largest absolute Gasteiger partial charge is 0.369 e. The first-order chi connectivity index (χ1) is 15.8. The number of nitrogens with two attached hydrogens (primary N) is 2. The van der Waals surface area contributed by atoms with Crippen LogP contribution in [0.15, 0.2) is 34.1 Å². The van der Waals surface area contributed by atoms with Crippen molar-refractivity contribution in [3.8, 4) is 22.5 Å². The number of hydrogen-bond donors (Lipinski definition) is 6. The van der Waals surface area contributed by atoms with Crippen LogP contribution in [0.5, 0.6) is 0 Å². The van der Waals surface area contributed by atoms with Crippen LogP contribution in [0.25, 0.3) is 33.5 Å². The van der Waals surface area contributed by atoms with Crippen LogP contribution in [-0.2, 0) is 10.0 Å². The summed E-state index contributed by atoms with van der Waals surface area (Å²) in [5.74, 6) is -0.415. The molecule has 1 saturated heterocycles. The van der Waals surface area contributed by atoms with Gasteiger partial charge in [0.05, 0.1) is 11.0 Å². The molecule has 1 fully saturated rings. The van der Waals surface area contributed by atoms with Crippen LogP contribution in [0.1, 0.15) is 6.42 Å². The van der Waals surface area contributed by atoms with E-state index in [0.717, 1.165) is 31.5 Å². The molecule has 5 rings (SSSR count). The van der Waals surface area contributed by atoms with Crippen molar-refractivity contribution >= 4 is 39.0 Å². The van der Waals surface area contributed by atoms with E-state index in [1.165, 1.54) is 12.1 Å². The number of aromatic nitrogens is 6. The summed E-state index contributed by atoms with van der Waals surface area (Å²) in [6, 6.07) is 5.92. The van der Waals surface area contributed by atoms with Gasteiger partial charge in [-0.1, -0.05) is 6.07 Å². The number of aromatic amines is 2. The highest BCUT2D eigenvalue weighted by Gasteiger charge is 2.28. The normalized spacial score (nSPS) is 16.6. The van der Waals surface area contributed by atoms with Gasteiger partial charge in [0.1, 0.15) is 10.7 Å². The Labute approximate surface area is 191 Å². The van der Waals surface area contributed by atoms with Gasteiger partial charge in [-0.05, 0) is 59.1 Å². The SMILES string of the molecule is Nc1nc2c(-c3ccc(SN[C@@H]4CCNC4)c(S(N)(=O)=O)c3-c3nnn[nH]3)cc(F)cc2[nH]1. The summed E-state index contributed by atoms with van der Waals surface area (Å²) in [6.07, 6.45) is 0.899. The number of nitrogens with one attached hydrogen (secondary N) is 4. The van der Waals surface area contributed by atoms with Gasteiger partial charge in [0.25, 0.3) is 0 Å². The van der Waals surface area contributed by atoms with E-state index in [1.54, 1.807) is 12.1 Å². The van der Waals surface area contributed by atoms with E-state index in [2.05, 4.69) is 40.6 Å². The number of sulfonamides is 1. The van der Waals surface area contributed by atoms with Gasteiger partial charge in [0, 0.05) is 28.6 Å². The minimum absolute atomic E-state index is 0.0555. The Morgan fingerprint density at radius 2 is 2.09 bits per heavy atom. The topological polar surface area (TPSA) is 193 Å². The lowest BCUT2D eigenvalue weighted by Gasteiger charge is -2.17. The van der Waals surface area contributed by atoms with Crippen molar-refractivity contribution in [3.63, 3.8) is 0 Å². The van der Waals surface area contributed by atoms with Gasteiger partial charge >= 0.3 is 0 Å². The monoisotopic (exact) mass is 490 g/mol. The third-order valence-electron chi connectivity index (χ3n) is 5.24. The van der Waals surface area contributed by atoms with Gasteiger partial charge in [-0.15, -0.1) is 5.10 Å². The third kappa shape index (κ3) is 4.16. The molecule has 172 valence electrons. The molecule has 4 aromatic rings. The molecule has 1 atom stereocenters. The van der Waals surface area contributed by atoms with Gasteiger partial charge in [0.2, 0.25) is 10.0 Å². The molecule has 0 radical (unpaired) electrons. The highest BCUT2D eigenvalue weighted by Crippen LogP contribution is 2.42. The lowest BCUT2D eigenvalue weighted by atomic mass is 9.97. The number of primary sulfonamides is 1. The average Bonchev–Trinajstić information content (AvgIpc) is 3.51. The van der Waals surface area contributed by atoms with E-state index in [4.69, 9.17) is 10.9 Å². The number of hydrogen-bond acceptors (Lipinski definition) is 10. The number of benzene rings is 2. The van der Waals surface area contributed by atoms with Gasteiger partial charge in [-0.2, -0.15) is 0 Å². The molecule has 1 aliphatic heterocycles. The molecule has 33 heavy (non-hydrogen) atoms. The molecule has 2 aromatic heterocycles. The van der Waals surface area contributed by atoms with Crippen molar-refractivity contribution in [2.24, 2.45) is 5.14 Å². The highest BCUT2D eigenvalue weighted by molar-refractivity contribution is 7.98. The predicted molar refractivity (Wildman–Crippen MR) is 121 cm³/mol. The van der Waals surface area contributed by atoms with Gasteiger partial charge < -0.3 is 16.0 Å². The van der Waals surface area contributed by atoms with Crippen LogP contribution in [-0.4, -0.2) is 58.1 Å². The van der Waals surface area contributed by atoms with Crippen molar-refractivity contribution in [1.29, 1.82) is 0 Å². The number of nitrogens with zero attached hydrogens (tertiary/aromatic N) is 4. The Bertz CT molecular complexity index is 1430. The molecule has 8 N–H and O–H groups in total. The zero-order valence-corrected chi connectivity index (χ0v) is 18.6. The number of nitrogen functional groups attached to an aromatic ring is 1. The number of H-pyrrole nitrogens is 2. The average molecular weight is 491 g/mol. The Hall–Kier alpha value is -3.11. The van der Waals surface area contributed by atoms with E-state index < -0.39 is 15.8 Å². The number of tetrazole rings is 1. The van der Waals surface area contributed by atoms with Crippen molar-refractivity contribution in [2.45, 2.75) is 22.3 Å². The summed E-state index contributed by atoms with van der Waals surface area (Å²) in [4.78, 5) is 7.20. The molecular weight excluding hydrogens is 471 g/mol. The van der Waals surface area contributed by atoms with Gasteiger partial charge in [-0.3, -0.25) is 4.72 Å². The van der Waals surface area contributed by atoms with E-state index >= 15 is 0 Å². The lowest BCUT2D eigenvalue weighted by Crippen LogP contribution is -2.26. The van der Waals surface area contributed by atoms with Gasteiger partial charge in [-0.25, -0.2) is 28.0 Å². The molecule has 15 heteroatoms. The summed E-state index contributed by atoms with van der Waals surface area (Å²) in [7, 11) is -4.26. The van der Waals surface area contributed by atoms with Crippen LogP contribution in [0.2, 0.25) is 0 Å². The first kappa shape index (κ1) is 21.7. The second-order valence-electron chi connectivity index (χ2n) is 7.49. The summed E-state index contributed by atoms with van der Waals surface area (Å²) in [5.41, 5.74) is 7.23. The van der Waals surface area contributed by atoms with Crippen molar-refractivity contribution in [1.82, 2.24) is 40.6 Å². The molecule has 0 spiro atoms. The molecule has 0 amide bonds. The summed E-state index contributed by atoms with van der Waals surface area (Å²) >= 11 is 1.15. The van der Waals surface area contributed by atoms with Crippen LogP contribution in [0, 0.1) is 5.82 Å². The number of imidazole rings is 1. The minimum atomic E-state index is -4.26. The molecule has 3 heterocycles. The molecule has 0 unspecified atom stereocenters. The summed E-state index contributed by atoms with van der Waals surface area (Å²) < 4.78 is 43.4. The van der Waals surface area contributed by atoms with Crippen LogP contribution < -0.4 is 20.9 Å². The number of rotatable bonds is 6. The standard InChI is InChI=1S/C18H19FN10O2S2/c19-8-5-11(15-12(6-8)23-18(20)24-15)10-1-2-13(32-27-9-3-4-22-7-9)16(33(21,30)31)14(10)17-25-28-29-26-17/h1-2,5-6,9,22,27H,3-4,7H2,(H3,20,23,24)(H2,21,30,31)(H,25,26,28,29)/t9-/m1/s1. The maximum absolute atomic E-state index is 14.5. The van der Waals surface area contributed by atoms with E-state index in [1.807, 2.05) is 0 Å². The molecule has 2 aromatic carbocycles. The molecule has 12 nitrogen and oxygen atoms in total. The minimum Gasteiger partial charge on any atom is -0.369 e. The number of anilines is 1.